The standard InChI is InChI=1S/C19H28N4O3S/c24-19(15-5-1-2-6-15)22-12-9-16(14-22)21-18-8-7-17(13-20-18)27(25,26)23-10-3-4-11-23/h7-8,13,15-16H,1-6,9-12,14H2,(H,20,21). The molecule has 3 heterocycles. The Bertz CT molecular complexity index is 769. The van der Waals surface area contributed by atoms with Gasteiger partial charge >= 0.3 is 0 Å². The van der Waals surface area contributed by atoms with Crippen LogP contribution in [0.1, 0.15) is 44.9 Å². The summed E-state index contributed by atoms with van der Waals surface area (Å²) in [6.07, 6.45) is 8.57. The number of anilines is 1. The Kier molecular flexibility index (Phi) is 5.36. The first-order valence-corrected chi connectivity index (χ1v) is 11.5. The molecule has 2 saturated heterocycles. The number of likely N-dealkylation sites (tertiary alicyclic amines) is 1. The van der Waals surface area contributed by atoms with Crippen molar-refractivity contribution in [3.63, 3.8) is 0 Å². The fourth-order valence-corrected chi connectivity index (χ4v) is 5.88. The molecule has 2 aliphatic heterocycles. The van der Waals surface area contributed by atoms with Crippen LogP contribution in [0.3, 0.4) is 0 Å². The molecule has 1 saturated carbocycles. The number of pyridine rings is 1. The molecule has 3 fully saturated rings. The highest BCUT2D eigenvalue weighted by molar-refractivity contribution is 7.89. The molecule has 8 heteroatoms. The second kappa shape index (κ2) is 7.75. The number of hydrogen-bond acceptors (Lipinski definition) is 5. The first kappa shape index (κ1) is 18.7. The highest BCUT2D eigenvalue weighted by Gasteiger charge is 2.32. The first-order valence-electron chi connectivity index (χ1n) is 10.1. The van der Waals surface area contributed by atoms with Crippen molar-refractivity contribution in [2.24, 2.45) is 5.92 Å². The summed E-state index contributed by atoms with van der Waals surface area (Å²) < 4.78 is 26.6. The minimum atomic E-state index is -3.42. The molecule has 0 radical (unpaired) electrons. The van der Waals surface area contributed by atoms with Gasteiger partial charge in [0.2, 0.25) is 15.9 Å². The summed E-state index contributed by atoms with van der Waals surface area (Å²) >= 11 is 0. The number of amides is 1. The number of sulfonamides is 1. The molecule has 3 aliphatic rings. The SMILES string of the molecule is O=C(C1CCCC1)N1CCC(Nc2ccc(S(=O)(=O)N3CCCC3)cn2)C1. The highest BCUT2D eigenvalue weighted by Crippen LogP contribution is 2.28. The van der Waals surface area contributed by atoms with Gasteiger partial charge in [-0.2, -0.15) is 4.31 Å². The van der Waals surface area contributed by atoms with Gasteiger partial charge in [0, 0.05) is 44.3 Å². The number of carbonyl (C=O) groups is 1. The number of carbonyl (C=O) groups excluding carboxylic acids is 1. The zero-order chi connectivity index (χ0) is 18.9. The van der Waals surface area contributed by atoms with E-state index in [0.29, 0.717) is 31.4 Å². The molecule has 1 N–H and O–H groups in total. The predicted molar refractivity (Wildman–Crippen MR) is 103 cm³/mol. The molecule has 148 valence electrons. The topological polar surface area (TPSA) is 82.6 Å². The Morgan fingerprint density at radius 1 is 1.04 bits per heavy atom. The highest BCUT2D eigenvalue weighted by atomic mass is 32.2. The first-order chi connectivity index (χ1) is 13.0. The Morgan fingerprint density at radius 3 is 2.44 bits per heavy atom. The number of nitrogens with zero attached hydrogens (tertiary/aromatic N) is 3. The Hall–Kier alpha value is -1.67. The molecular weight excluding hydrogens is 364 g/mol. The van der Waals surface area contributed by atoms with Gasteiger partial charge in [0.1, 0.15) is 10.7 Å². The van der Waals surface area contributed by atoms with Crippen LogP contribution < -0.4 is 5.32 Å². The van der Waals surface area contributed by atoms with Crippen molar-refractivity contribution in [1.82, 2.24) is 14.2 Å². The van der Waals surface area contributed by atoms with E-state index in [1.165, 1.54) is 23.3 Å². The second-order valence-electron chi connectivity index (χ2n) is 7.89. The van der Waals surface area contributed by atoms with E-state index in [4.69, 9.17) is 0 Å². The Labute approximate surface area is 161 Å². The van der Waals surface area contributed by atoms with Crippen molar-refractivity contribution in [2.75, 3.05) is 31.5 Å². The van der Waals surface area contributed by atoms with E-state index in [-0.39, 0.29) is 16.9 Å². The monoisotopic (exact) mass is 392 g/mol. The van der Waals surface area contributed by atoms with Crippen molar-refractivity contribution < 1.29 is 13.2 Å². The third-order valence-corrected chi connectivity index (χ3v) is 7.88. The molecule has 0 spiro atoms. The van der Waals surface area contributed by atoms with Crippen molar-refractivity contribution in [3.8, 4) is 0 Å². The summed E-state index contributed by atoms with van der Waals surface area (Å²) in [6, 6.07) is 3.52. The molecule has 1 aromatic heterocycles. The van der Waals surface area contributed by atoms with Crippen molar-refractivity contribution in [3.05, 3.63) is 18.3 Å². The molecular formula is C19H28N4O3S. The van der Waals surface area contributed by atoms with Gasteiger partial charge in [-0.05, 0) is 44.2 Å². The predicted octanol–water partition coefficient (Wildman–Crippen LogP) is 2.07. The van der Waals surface area contributed by atoms with Crippen LogP contribution in [0, 0.1) is 5.92 Å². The van der Waals surface area contributed by atoms with E-state index in [1.807, 2.05) is 4.90 Å². The third kappa shape index (κ3) is 3.96. The molecule has 4 rings (SSSR count). The second-order valence-corrected chi connectivity index (χ2v) is 9.82. The Morgan fingerprint density at radius 2 is 1.78 bits per heavy atom. The molecule has 1 amide bonds. The van der Waals surface area contributed by atoms with Crippen LogP contribution >= 0.6 is 0 Å². The van der Waals surface area contributed by atoms with Crippen LogP contribution in [0.5, 0.6) is 0 Å². The normalized spacial score (nSPS) is 24.6. The maximum absolute atomic E-state index is 12.6. The largest absolute Gasteiger partial charge is 0.365 e. The molecule has 1 atom stereocenters. The summed E-state index contributed by atoms with van der Waals surface area (Å²) in [5.41, 5.74) is 0. The molecule has 0 aromatic carbocycles. The summed E-state index contributed by atoms with van der Waals surface area (Å²) in [5, 5.41) is 3.35. The van der Waals surface area contributed by atoms with Crippen LogP contribution in [-0.4, -0.2) is 60.7 Å². The molecule has 0 bridgehead atoms. The van der Waals surface area contributed by atoms with Crippen LogP contribution in [0.15, 0.2) is 23.2 Å². The number of nitrogens with one attached hydrogen (secondary N) is 1. The minimum Gasteiger partial charge on any atom is -0.365 e. The maximum atomic E-state index is 12.6. The average molecular weight is 393 g/mol. The maximum Gasteiger partial charge on any atom is 0.244 e. The van der Waals surface area contributed by atoms with Crippen LogP contribution in [-0.2, 0) is 14.8 Å². The lowest BCUT2D eigenvalue weighted by Crippen LogP contribution is -2.35. The summed E-state index contributed by atoms with van der Waals surface area (Å²) in [6.45, 7) is 2.67. The zero-order valence-electron chi connectivity index (χ0n) is 15.6. The minimum absolute atomic E-state index is 0.170. The van der Waals surface area contributed by atoms with Gasteiger partial charge in [-0.1, -0.05) is 12.8 Å². The summed E-state index contributed by atoms with van der Waals surface area (Å²) in [5.74, 6) is 1.18. The van der Waals surface area contributed by atoms with Crippen molar-refractivity contribution >= 4 is 21.7 Å². The van der Waals surface area contributed by atoms with Gasteiger partial charge in [-0.25, -0.2) is 13.4 Å². The van der Waals surface area contributed by atoms with E-state index in [0.717, 1.165) is 38.6 Å². The lowest BCUT2D eigenvalue weighted by molar-refractivity contribution is -0.134. The average Bonchev–Trinajstić information content (AvgIpc) is 3.43. The van der Waals surface area contributed by atoms with Gasteiger partial charge in [0.15, 0.2) is 0 Å². The Balaban J connectivity index is 1.34. The van der Waals surface area contributed by atoms with Crippen molar-refractivity contribution in [1.29, 1.82) is 0 Å². The lowest BCUT2D eigenvalue weighted by atomic mass is 10.1. The van der Waals surface area contributed by atoms with Gasteiger partial charge in [-0.3, -0.25) is 4.79 Å². The lowest BCUT2D eigenvalue weighted by Gasteiger charge is -2.21. The molecule has 7 nitrogen and oxygen atoms in total. The zero-order valence-corrected chi connectivity index (χ0v) is 16.5. The summed E-state index contributed by atoms with van der Waals surface area (Å²) in [4.78, 5) is 19.1. The van der Waals surface area contributed by atoms with Crippen LogP contribution in [0.2, 0.25) is 0 Å². The van der Waals surface area contributed by atoms with E-state index in [2.05, 4.69) is 10.3 Å². The molecule has 1 unspecified atom stereocenters. The summed E-state index contributed by atoms with van der Waals surface area (Å²) in [7, 11) is -3.42. The molecule has 1 aromatic rings. The van der Waals surface area contributed by atoms with E-state index < -0.39 is 10.0 Å². The van der Waals surface area contributed by atoms with Crippen LogP contribution in [0.4, 0.5) is 5.82 Å². The smallest absolute Gasteiger partial charge is 0.244 e. The van der Waals surface area contributed by atoms with E-state index in [1.54, 1.807) is 12.1 Å². The quantitative estimate of drug-likeness (QED) is 0.829. The van der Waals surface area contributed by atoms with Crippen molar-refractivity contribution in [2.45, 2.75) is 55.9 Å². The van der Waals surface area contributed by atoms with E-state index >= 15 is 0 Å². The van der Waals surface area contributed by atoms with Gasteiger partial charge in [0.25, 0.3) is 0 Å². The molecule has 1 aliphatic carbocycles. The number of rotatable bonds is 5. The fourth-order valence-electron chi connectivity index (χ4n) is 4.41. The van der Waals surface area contributed by atoms with Crippen LogP contribution in [0.25, 0.3) is 0 Å². The third-order valence-electron chi connectivity index (χ3n) is 6.00. The van der Waals surface area contributed by atoms with Gasteiger partial charge in [0.05, 0.1) is 0 Å². The fraction of sp³-hybridized carbons (Fsp3) is 0.684. The van der Waals surface area contributed by atoms with Gasteiger partial charge < -0.3 is 10.2 Å². The van der Waals surface area contributed by atoms with Gasteiger partial charge in [-0.15, -0.1) is 0 Å². The molecule has 27 heavy (non-hydrogen) atoms. The van der Waals surface area contributed by atoms with E-state index in [9.17, 15) is 13.2 Å². The number of aromatic nitrogens is 1. The number of hydrogen-bond donors (Lipinski definition) is 1.